The highest BCUT2D eigenvalue weighted by molar-refractivity contribution is 8.19. The molecule has 1 fully saturated rings. The molecule has 0 aliphatic carbocycles. The van der Waals surface area contributed by atoms with Crippen molar-refractivity contribution in [3.63, 3.8) is 0 Å². The van der Waals surface area contributed by atoms with Crippen LogP contribution in [0.15, 0.2) is 71.6 Å². The standard InChI is InChI=1S/C25H19ClFNO4S/c1-2-31-22-12-16(10-11-21(22)32-15-17-6-3-4-9-20(17)27)13-23-24(29)28(25(30)33-23)19-8-5-7-18(26)14-19/h3-14H,2,15H2,1H3/b23-13+. The lowest BCUT2D eigenvalue weighted by Gasteiger charge is -2.13. The second-order valence-electron chi connectivity index (χ2n) is 7.02. The lowest BCUT2D eigenvalue weighted by Crippen LogP contribution is -2.27. The Bertz CT molecular complexity index is 1250. The van der Waals surface area contributed by atoms with Crippen molar-refractivity contribution in [3.8, 4) is 11.5 Å². The molecule has 0 atom stereocenters. The molecule has 33 heavy (non-hydrogen) atoms. The van der Waals surface area contributed by atoms with Gasteiger partial charge >= 0.3 is 0 Å². The Morgan fingerprint density at radius 2 is 1.82 bits per heavy atom. The number of nitrogens with zero attached hydrogens (tertiary/aromatic N) is 1. The van der Waals surface area contributed by atoms with E-state index in [1.165, 1.54) is 6.07 Å². The van der Waals surface area contributed by atoms with E-state index in [1.54, 1.807) is 66.7 Å². The predicted molar refractivity (Wildman–Crippen MR) is 128 cm³/mol. The zero-order chi connectivity index (χ0) is 23.4. The van der Waals surface area contributed by atoms with E-state index >= 15 is 0 Å². The monoisotopic (exact) mass is 483 g/mol. The molecule has 0 saturated carbocycles. The van der Waals surface area contributed by atoms with Gasteiger partial charge in [-0.25, -0.2) is 9.29 Å². The molecule has 1 aliphatic heterocycles. The summed E-state index contributed by atoms with van der Waals surface area (Å²) in [5, 5.41) is 0.0336. The number of hydrogen-bond acceptors (Lipinski definition) is 5. The zero-order valence-corrected chi connectivity index (χ0v) is 19.2. The van der Waals surface area contributed by atoms with E-state index in [4.69, 9.17) is 21.1 Å². The van der Waals surface area contributed by atoms with E-state index in [0.29, 0.717) is 39.9 Å². The van der Waals surface area contributed by atoms with Crippen molar-refractivity contribution in [3.05, 3.63) is 93.6 Å². The maximum absolute atomic E-state index is 13.9. The molecule has 0 spiro atoms. The number of thioether (sulfide) groups is 1. The van der Waals surface area contributed by atoms with Crippen molar-refractivity contribution in [1.82, 2.24) is 0 Å². The van der Waals surface area contributed by atoms with Crippen molar-refractivity contribution in [2.24, 2.45) is 0 Å². The lowest BCUT2D eigenvalue weighted by atomic mass is 10.1. The lowest BCUT2D eigenvalue weighted by molar-refractivity contribution is -0.113. The van der Waals surface area contributed by atoms with E-state index in [9.17, 15) is 14.0 Å². The van der Waals surface area contributed by atoms with Gasteiger partial charge < -0.3 is 9.47 Å². The average molecular weight is 484 g/mol. The molecule has 0 N–H and O–H groups in total. The van der Waals surface area contributed by atoms with E-state index in [-0.39, 0.29) is 17.3 Å². The molecule has 2 amide bonds. The molecule has 5 nitrogen and oxygen atoms in total. The third-order valence-corrected chi connectivity index (χ3v) is 5.87. The number of anilines is 1. The number of benzene rings is 3. The third kappa shape index (κ3) is 5.21. The van der Waals surface area contributed by atoms with Crippen LogP contribution in [0.1, 0.15) is 18.1 Å². The molecule has 1 heterocycles. The Kier molecular flexibility index (Phi) is 7.01. The van der Waals surface area contributed by atoms with Crippen molar-refractivity contribution >= 4 is 46.3 Å². The third-order valence-electron chi connectivity index (χ3n) is 4.77. The average Bonchev–Trinajstić information content (AvgIpc) is 3.07. The van der Waals surface area contributed by atoms with Gasteiger partial charge in [-0.1, -0.05) is 41.9 Å². The highest BCUT2D eigenvalue weighted by Gasteiger charge is 2.36. The predicted octanol–water partition coefficient (Wildman–Crippen LogP) is 6.70. The van der Waals surface area contributed by atoms with Gasteiger partial charge in [-0.15, -0.1) is 0 Å². The van der Waals surface area contributed by atoms with Gasteiger partial charge in [0.05, 0.1) is 17.2 Å². The van der Waals surface area contributed by atoms with Gasteiger partial charge in [0.15, 0.2) is 11.5 Å². The number of carbonyl (C=O) groups is 2. The first kappa shape index (κ1) is 22.9. The van der Waals surface area contributed by atoms with Crippen LogP contribution in [0.2, 0.25) is 5.02 Å². The molecule has 168 valence electrons. The Balaban J connectivity index is 1.56. The summed E-state index contributed by atoms with van der Waals surface area (Å²) in [7, 11) is 0. The van der Waals surface area contributed by atoms with Crippen LogP contribution < -0.4 is 14.4 Å². The van der Waals surface area contributed by atoms with Gasteiger partial charge in [-0.2, -0.15) is 0 Å². The highest BCUT2D eigenvalue weighted by atomic mass is 35.5. The summed E-state index contributed by atoms with van der Waals surface area (Å²) in [5.41, 5.74) is 1.51. The van der Waals surface area contributed by atoms with E-state index in [0.717, 1.165) is 16.7 Å². The summed E-state index contributed by atoms with van der Waals surface area (Å²) in [5.74, 6) is 0.133. The maximum Gasteiger partial charge on any atom is 0.298 e. The van der Waals surface area contributed by atoms with Crippen LogP contribution in [0.25, 0.3) is 6.08 Å². The first-order valence-electron chi connectivity index (χ1n) is 10.1. The normalized spacial score (nSPS) is 14.8. The molecular formula is C25H19ClFNO4S. The van der Waals surface area contributed by atoms with Crippen molar-refractivity contribution in [2.45, 2.75) is 13.5 Å². The van der Waals surface area contributed by atoms with Crippen LogP contribution in [0.5, 0.6) is 11.5 Å². The molecule has 4 rings (SSSR count). The van der Waals surface area contributed by atoms with Crippen molar-refractivity contribution in [2.75, 3.05) is 11.5 Å². The summed E-state index contributed by atoms with van der Waals surface area (Å²) in [6.07, 6.45) is 1.62. The van der Waals surface area contributed by atoms with Crippen molar-refractivity contribution < 1.29 is 23.5 Å². The highest BCUT2D eigenvalue weighted by Crippen LogP contribution is 2.37. The number of halogens is 2. The first-order chi connectivity index (χ1) is 16.0. The number of ether oxygens (including phenoxy) is 2. The van der Waals surface area contributed by atoms with Crippen molar-refractivity contribution in [1.29, 1.82) is 0 Å². The number of rotatable bonds is 7. The summed E-state index contributed by atoms with van der Waals surface area (Å²) in [6, 6.07) is 18.1. The number of hydrogen-bond donors (Lipinski definition) is 0. The van der Waals surface area contributed by atoms with E-state index < -0.39 is 11.1 Å². The molecule has 1 aliphatic rings. The van der Waals surface area contributed by atoms with Crippen LogP contribution in [0.3, 0.4) is 0 Å². The number of carbonyl (C=O) groups excluding carboxylic acids is 2. The summed E-state index contributed by atoms with van der Waals surface area (Å²) in [6.45, 7) is 2.28. The quantitative estimate of drug-likeness (QED) is 0.350. The van der Waals surface area contributed by atoms with E-state index in [2.05, 4.69) is 0 Å². The summed E-state index contributed by atoms with van der Waals surface area (Å²) >= 11 is 6.85. The van der Waals surface area contributed by atoms with Gasteiger partial charge in [0, 0.05) is 10.6 Å². The second-order valence-corrected chi connectivity index (χ2v) is 8.45. The Morgan fingerprint density at radius 3 is 2.58 bits per heavy atom. The second kappa shape index (κ2) is 10.1. The van der Waals surface area contributed by atoms with Crippen LogP contribution in [-0.4, -0.2) is 17.8 Å². The van der Waals surface area contributed by atoms with Gasteiger partial charge in [0.25, 0.3) is 11.1 Å². The minimum atomic E-state index is -0.426. The Labute approximate surface area is 199 Å². The Morgan fingerprint density at radius 1 is 1.00 bits per heavy atom. The van der Waals surface area contributed by atoms with Crippen LogP contribution in [-0.2, 0) is 11.4 Å². The van der Waals surface area contributed by atoms with E-state index in [1.807, 2.05) is 6.92 Å². The van der Waals surface area contributed by atoms with Gasteiger partial charge in [-0.3, -0.25) is 9.59 Å². The SMILES string of the molecule is CCOc1cc(/C=C2/SC(=O)N(c3cccc(Cl)c3)C2=O)ccc1OCc1ccccc1F. The van der Waals surface area contributed by atoms with Gasteiger partial charge in [-0.05, 0) is 66.7 Å². The molecule has 3 aromatic carbocycles. The molecule has 3 aromatic rings. The van der Waals surface area contributed by atoms with Gasteiger partial charge in [0.1, 0.15) is 12.4 Å². The first-order valence-corrected chi connectivity index (χ1v) is 11.3. The fourth-order valence-corrected chi connectivity index (χ4v) is 4.26. The Hall–Kier alpha value is -3.29. The molecule has 0 bridgehead atoms. The molecule has 0 radical (unpaired) electrons. The molecule has 1 saturated heterocycles. The summed E-state index contributed by atoms with van der Waals surface area (Å²) < 4.78 is 25.3. The maximum atomic E-state index is 13.9. The molecule has 8 heteroatoms. The van der Waals surface area contributed by atoms with Crippen LogP contribution in [0.4, 0.5) is 14.9 Å². The van der Waals surface area contributed by atoms with Crippen LogP contribution in [0, 0.1) is 5.82 Å². The molecular weight excluding hydrogens is 465 g/mol. The van der Waals surface area contributed by atoms with Gasteiger partial charge in [0.2, 0.25) is 0 Å². The topological polar surface area (TPSA) is 55.8 Å². The number of amides is 2. The zero-order valence-electron chi connectivity index (χ0n) is 17.6. The summed E-state index contributed by atoms with van der Waals surface area (Å²) in [4.78, 5) is 26.7. The minimum Gasteiger partial charge on any atom is -0.490 e. The largest absolute Gasteiger partial charge is 0.490 e. The van der Waals surface area contributed by atoms with Crippen LogP contribution >= 0.6 is 23.4 Å². The fraction of sp³-hybridized carbons (Fsp3) is 0.120. The molecule has 0 aromatic heterocycles. The molecule has 0 unspecified atom stereocenters. The minimum absolute atomic E-state index is 0.0462. The smallest absolute Gasteiger partial charge is 0.298 e. The number of imide groups is 1. The fourth-order valence-electron chi connectivity index (χ4n) is 3.23.